The Bertz CT molecular complexity index is 876. The zero-order valence-corrected chi connectivity index (χ0v) is 15.5. The van der Waals surface area contributed by atoms with E-state index in [-0.39, 0.29) is 12.5 Å². The third-order valence-corrected chi connectivity index (χ3v) is 4.51. The van der Waals surface area contributed by atoms with Crippen LogP contribution in [-0.2, 0) is 6.54 Å². The zero-order valence-electron chi connectivity index (χ0n) is 13.4. The Labute approximate surface area is 153 Å². The van der Waals surface area contributed by atoms with Crippen LogP contribution in [-0.4, -0.2) is 28.0 Å². The van der Waals surface area contributed by atoms with Crippen LogP contribution in [0.2, 0.25) is 0 Å². The summed E-state index contributed by atoms with van der Waals surface area (Å²) in [5.41, 5.74) is 2.69. The SMILES string of the molecule is Cc1cccc(-c2noc(CN(C)C(=O)c3ccccc3I)n2)c1. The van der Waals surface area contributed by atoms with Gasteiger partial charge in [-0.25, -0.2) is 0 Å². The molecule has 0 saturated heterocycles. The van der Waals surface area contributed by atoms with Crippen LogP contribution in [0.3, 0.4) is 0 Å². The Morgan fingerprint density at radius 1 is 1.21 bits per heavy atom. The van der Waals surface area contributed by atoms with Crippen molar-refractivity contribution in [2.45, 2.75) is 13.5 Å². The first-order chi connectivity index (χ1) is 11.5. The molecule has 6 heteroatoms. The molecule has 0 radical (unpaired) electrons. The maximum Gasteiger partial charge on any atom is 0.255 e. The Balaban J connectivity index is 1.75. The lowest BCUT2D eigenvalue weighted by atomic mass is 10.1. The molecule has 2 aromatic carbocycles. The number of rotatable bonds is 4. The van der Waals surface area contributed by atoms with Crippen molar-refractivity contribution in [1.82, 2.24) is 15.0 Å². The second kappa shape index (κ2) is 7.12. The highest BCUT2D eigenvalue weighted by molar-refractivity contribution is 14.1. The van der Waals surface area contributed by atoms with E-state index in [1.54, 1.807) is 11.9 Å². The van der Waals surface area contributed by atoms with Crippen molar-refractivity contribution in [3.8, 4) is 11.4 Å². The van der Waals surface area contributed by atoms with Crippen molar-refractivity contribution >= 4 is 28.5 Å². The van der Waals surface area contributed by atoms with E-state index in [1.807, 2.05) is 55.5 Å². The lowest BCUT2D eigenvalue weighted by Gasteiger charge is -2.15. The lowest BCUT2D eigenvalue weighted by Crippen LogP contribution is -2.27. The van der Waals surface area contributed by atoms with Gasteiger partial charge >= 0.3 is 0 Å². The van der Waals surface area contributed by atoms with Crippen LogP contribution >= 0.6 is 22.6 Å². The van der Waals surface area contributed by atoms with Crippen molar-refractivity contribution in [1.29, 1.82) is 0 Å². The Morgan fingerprint density at radius 2 is 2.00 bits per heavy atom. The average Bonchev–Trinajstić information content (AvgIpc) is 3.03. The summed E-state index contributed by atoms with van der Waals surface area (Å²) in [6.45, 7) is 2.28. The Morgan fingerprint density at radius 3 is 2.75 bits per heavy atom. The van der Waals surface area contributed by atoms with E-state index in [1.165, 1.54) is 0 Å². The summed E-state index contributed by atoms with van der Waals surface area (Å²) in [5.74, 6) is 0.868. The molecule has 1 heterocycles. The van der Waals surface area contributed by atoms with E-state index in [4.69, 9.17) is 4.52 Å². The largest absolute Gasteiger partial charge is 0.337 e. The fourth-order valence-electron chi connectivity index (χ4n) is 2.34. The van der Waals surface area contributed by atoms with Gasteiger partial charge < -0.3 is 9.42 Å². The summed E-state index contributed by atoms with van der Waals surface area (Å²) < 4.78 is 6.20. The normalized spacial score (nSPS) is 10.6. The number of benzene rings is 2. The number of hydrogen-bond donors (Lipinski definition) is 0. The standard InChI is InChI=1S/C18H16IN3O2/c1-12-6-5-7-13(10-12)17-20-16(24-21-17)11-22(2)18(23)14-8-3-4-9-15(14)19/h3-10H,11H2,1-2H3. The van der Waals surface area contributed by atoms with Crippen molar-refractivity contribution in [2.24, 2.45) is 0 Å². The maximum absolute atomic E-state index is 12.5. The van der Waals surface area contributed by atoms with E-state index < -0.39 is 0 Å². The van der Waals surface area contributed by atoms with Gasteiger partial charge in [0.15, 0.2) is 0 Å². The second-order valence-corrected chi connectivity index (χ2v) is 6.68. The van der Waals surface area contributed by atoms with Gasteiger partial charge in [-0.2, -0.15) is 4.98 Å². The molecule has 0 spiro atoms. The van der Waals surface area contributed by atoms with Gasteiger partial charge in [0.2, 0.25) is 11.7 Å². The van der Waals surface area contributed by atoms with Gasteiger partial charge in [-0.3, -0.25) is 4.79 Å². The van der Waals surface area contributed by atoms with Gasteiger partial charge in [-0.15, -0.1) is 0 Å². The highest BCUT2D eigenvalue weighted by Crippen LogP contribution is 2.18. The first-order valence-corrected chi connectivity index (χ1v) is 8.52. The minimum absolute atomic E-state index is 0.0738. The predicted molar refractivity (Wildman–Crippen MR) is 99.4 cm³/mol. The molecule has 0 unspecified atom stereocenters. The van der Waals surface area contributed by atoms with Crippen LogP contribution in [0.1, 0.15) is 21.8 Å². The molecular formula is C18H16IN3O2. The first-order valence-electron chi connectivity index (χ1n) is 7.44. The van der Waals surface area contributed by atoms with E-state index in [2.05, 4.69) is 32.7 Å². The molecule has 0 saturated carbocycles. The van der Waals surface area contributed by atoms with Gasteiger partial charge in [0, 0.05) is 16.2 Å². The molecule has 1 amide bonds. The number of amides is 1. The number of carbonyl (C=O) groups excluding carboxylic acids is 1. The number of aryl methyl sites for hydroxylation is 1. The van der Waals surface area contributed by atoms with E-state index in [0.29, 0.717) is 17.3 Å². The lowest BCUT2D eigenvalue weighted by molar-refractivity contribution is 0.0768. The van der Waals surface area contributed by atoms with Crippen LogP contribution in [0.4, 0.5) is 0 Å². The highest BCUT2D eigenvalue weighted by atomic mass is 127. The minimum atomic E-state index is -0.0738. The minimum Gasteiger partial charge on any atom is -0.337 e. The fourth-order valence-corrected chi connectivity index (χ4v) is 2.95. The van der Waals surface area contributed by atoms with Gasteiger partial charge in [-0.1, -0.05) is 41.1 Å². The monoisotopic (exact) mass is 433 g/mol. The molecule has 24 heavy (non-hydrogen) atoms. The molecule has 0 bridgehead atoms. The third kappa shape index (κ3) is 3.64. The molecule has 0 aliphatic carbocycles. The molecule has 3 aromatic rings. The van der Waals surface area contributed by atoms with Crippen LogP contribution in [0, 0.1) is 10.5 Å². The highest BCUT2D eigenvalue weighted by Gasteiger charge is 2.17. The number of aromatic nitrogens is 2. The number of hydrogen-bond acceptors (Lipinski definition) is 4. The molecule has 3 rings (SSSR count). The molecule has 0 N–H and O–H groups in total. The first kappa shape index (κ1) is 16.6. The summed E-state index contributed by atoms with van der Waals surface area (Å²) in [4.78, 5) is 18.5. The van der Waals surface area contributed by atoms with Crippen LogP contribution in [0.15, 0.2) is 53.1 Å². The Hall–Kier alpha value is -2.22. The molecule has 0 atom stereocenters. The van der Waals surface area contributed by atoms with Crippen molar-refractivity contribution in [3.63, 3.8) is 0 Å². The molecule has 0 aliphatic heterocycles. The summed E-state index contributed by atoms with van der Waals surface area (Å²) in [7, 11) is 1.72. The molecule has 5 nitrogen and oxygen atoms in total. The van der Waals surface area contributed by atoms with Gasteiger partial charge in [-0.05, 0) is 47.7 Å². The molecule has 0 aliphatic rings. The average molecular weight is 433 g/mol. The van der Waals surface area contributed by atoms with E-state index >= 15 is 0 Å². The molecule has 1 aromatic heterocycles. The van der Waals surface area contributed by atoms with Crippen molar-refractivity contribution in [3.05, 3.63) is 69.1 Å². The summed E-state index contributed by atoms with van der Waals surface area (Å²) in [5, 5.41) is 4.00. The predicted octanol–water partition coefficient (Wildman–Crippen LogP) is 3.92. The van der Waals surface area contributed by atoms with Crippen LogP contribution < -0.4 is 0 Å². The molecule has 0 fully saturated rings. The van der Waals surface area contributed by atoms with Gasteiger partial charge in [0.05, 0.1) is 12.1 Å². The van der Waals surface area contributed by atoms with Crippen molar-refractivity contribution < 1.29 is 9.32 Å². The smallest absolute Gasteiger partial charge is 0.255 e. The Kier molecular flexibility index (Phi) is 4.94. The van der Waals surface area contributed by atoms with Gasteiger partial charge in [0.25, 0.3) is 5.91 Å². The third-order valence-electron chi connectivity index (χ3n) is 3.57. The van der Waals surface area contributed by atoms with Crippen LogP contribution in [0.25, 0.3) is 11.4 Å². The maximum atomic E-state index is 12.5. The number of carbonyl (C=O) groups is 1. The fraction of sp³-hybridized carbons (Fsp3) is 0.167. The number of nitrogens with zero attached hydrogens (tertiary/aromatic N) is 3. The second-order valence-electron chi connectivity index (χ2n) is 5.52. The summed E-state index contributed by atoms with van der Waals surface area (Å²) in [6, 6.07) is 15.4. The van der Waals surface area contributed by atoms with Crippen molar-refractivity contribution in [2.75, 3.05) is 7.05 Å². The molecular weight excluding hydrogens is 417 g/mol. The zero-order chi connectivity index (χ0) is 17.1. The summed E-state index contributed by atoms with van der Waals surface area (Å²) in [6.07, 6.45) is 0. The van der Waals surface area contributed by atoms with Gasteiger partial charge in [0.1, 0.15) is 0 Å². The summed E-state index contributed by atoms with van der Waals surface area (Å²) >= 11 is 2.16. The number of halogens is 1. The van der Waals surface area contributed by atoms with E-state index in [9.17, 15) is 4.79 Å². The van der Waals surface area contributed by atoms with E-state index in [0.717, 1.165) is 14.7 Å². The quantitative estimate of drug-likeness (QED) is 0.586. The topological polar surface area (TPSA) is 59.2 Å². The van der Waals surface area contributed by atoms with Crippen LogP contribution in [0.5, 0.6) is 0 Å². The molecule has 122 valence electrons.